The minimum Gasteiger partial charge on any atom is -0.434 e. The van der Waals surface area contributed by atoms with Crippen LogP contribution in [0.25, 0.3) is 0 Å². The first-order valence-electron chi connectivity index (χ1n) is 6.81. The van der Waals surface area contributed by atoms with Crippen molar-refractivity contribution in [1.82, 2.24) is 5.32 Å². The Hall–Kier alpha value is -0.720. The minimum atomic E-state index is -2.85. The quantitative estimate of drug-likeness (QED) is 0.768. The molecule has 2 N–H and O–H groups in total. The lowest BCUT2D eigenvalue weighted by atomic mass is 9.85. The zero-order valence-corrected chi connectivity index (χ0v) is 14.1. The Balaban J connectivity index is 2.83. The predicted octanol–water partition coefficient (Wildman–Crippen LogP) is 3.94. The van der Waals surface area contributed by atoms with Gasteiger partial charge >= 0.3 is 6.61 Å². The highest BCUT2D eigenvalue weighted by atomic mass is 79.9. The van der Waals surface area contributed by atoms with Crippen LogP contribution in [0.1, 0.15) is 32.8 Å². The van der Waals surface area contributed by atoms with Gasteiger partial charge in [0.25, 0.3) is 0 Å². The van der Waals surface area contributed by atoms with Gasteiger partial charge < -0.3 is 15.2 Å². The van der Waals surface area contributed by atoms with Crippen molar-refractivity contribution in [3.05, 3.63) is 28.2 Å². The summed E-state index contributed by atoms with van der Waals surface area (Å²) in [5.41, 5.74) is 0.607. The summed E-state index contributed by atoms with van der Waals surface area (Å²) in [6.45, 7) is 3.82. The maximum atomic E-state index is 12.4. The first-order chi connectivity index (χ1) is 9.74. The zero-order chi connectivity index (χ0) is 16.0. The van der Waals surface area contributed by atoms with Gasteiger partial charge in [-0.15, -0.1) is 0 Å². The molecule has 1 aromatic rings. The lowest BCUT2D eigenvalue weighted by Gasteiger charge is -2.31. The number of rotatable bonds is 7. The molecular weight excluding hydrogens is 344 g/mol. The van der Waals surface area contributed by atoms with Crippen molar-refractivity contribution in [2.75, 3.05) is 6.61 Å². The average molecular weight is 366 g/mol. The van der Waals surface area contributed by atoms with E-state index < -0.39 is 6.61 Å². The summed E-state index contributed by atoms with van der Waals surface area (Å²) in [5, 5.41) is 12.5. The first kappa shape index (κ1) is 18.3. The molecule has 0 spiro atoms. The van der Waals surface area contributed by atoms with E-state index in [-0.39, 0.29) is 23.8 Å². The number of aliphatic hydroxyl groups excluding tert-OH is 1. The third-order valence-corrected chi connectivity index (χ3v) is 3.73. The number of hydrogen-bond donors (Lipinski definition) is 2. The zero-order valence-electron chi connectivity index (χ0n) is 12.5. The molecular formula is C15H22BrF2NO2. The molecule has 0 radical (unpaired) electrons. The van der Waals surface area contributed by atoms with Crippen LogP contribution in [0.3, 0.4) is 0 Å². The smallest absolute Gasteiger partial charge is 0.387 e. The summed E-state index contributed by atoms with van der Waals surface area (Å²) in [6.07, 6.45) is 0.600. The Kier molecular flexibility index (Phi) is 7.03. The second-order valence-corrected chi connectivity index (χ2v) is 6.86. The van der Waals surface area contributed by atoms with Crippen LogP contribution in [0.5, 0.6) is 5.75 Å². The van der Waals surface area contributed by atoms with Crippen molar-refractivity contribution in [2.45, 2.75) is 46.4 Å². The Morgan fingerprint density at radius 2 is 2.00 bits per heavy atom. The first-order valence-corrected chi connectivity index (χ1v) is 7.61. The summed E-state index contributed by atoms with van der Waals surface area (Å²) in [6, 6.07) is 5.01. The molecule has 3 nitrogen and oxygen atoms in total. The molecule has 1 unspecified atom stereocenters. The molecule has 0 aliphatic heterocycles. The number of alkyl halides is 2. The monoisotopic (exact) mass is 365 g/mol. The lowest BCUT2D eigenvalue weighted by Crippen LogP contribution is -2.40. The summed E-state index contributed by atoms with van der Waals surface area (Å²) < 4.78 is 30.2. The second-order valence-electron chi connectivity index (χ2n) is 5.94. The fourth-order valence-electron chi connectivity index (χ4n) is 2.10. The Morgan fingerprint density at radius 3 is 2.52 bits per heavy atom. The van der Waals surface area contributed by atoms with Gasteiger partial charge in [0.2, 0.25) is 0 Å². The molecule has 120 valence electrons. The number of hydrogen-bond acceptors (Lipinski definition) is 3. The number of halogens is 3. The van der Waals surface area contributed by atoms with E-state index in [1.807, 2.05) is 0 Å². The molecule has 0 saturated carbocycles. The van der Waals surface area contributed by atoms with E-state index in [0.717, 1.165) is 4.47 Å². The number of benzene rings is 1. The highest BCUT2D eigenvalue weighted by molar-refractivity contribution is 9.10. The van der Waals surface area contributed by atoms with Crippen molar-refractivity contribution in [3.63, 3.8) is 0 Å². The van der Waals surface area contributed by atoms with Crippen LogP contribution in [0.2, 0.25) is 0 Å². The maximum absolute atomic E-state index is 12.4. The predicted molar refractivity (Wildman–Crippen MR) is 82.6 cm³/mol. The molecule has 21 heavy (non-hydrogen) atoms. The molecule has 0 aliphatic carbocycles. The largest absolute Gasteiger partial charge is 0.434 e. The van der Waals surface area contributed by atoms with Crippen molar-refractivity contribution >= 4 is 15.9 Å². The third-order valence-electron chi connectivity index (χ3n) is 3.24. The Labute approximate surface area is 132 Å². The van der Waals surface area contributed by atoms with Crippen molar-refractivity contribution in [2.24, 2.45) is 5.41 Å². The summed E-state index contributed by atoms with van der Waals surface area (Å²) in [5.74, 6) is 0.164. The number of aliphatic hydroxyl groups is 1. The highest BCUT2D eigenvalue weighted by Gasteiger charge is 2.24. The molecule has 1 rings (SSSR count). The standard InChI is InChI=1S/C15H22BrF2NO2/c1-15(2,3)13(6-7-20)19-9-10-8-11(16)4-5-12(10)21-14(17)18/h4-5,8,13-14,19-20H,6-7,9H2,1-3H3. The van der Waals surface area contributed by atoms with E-state index in [1.165, 1.54) is 6.07 Å². The second kappa shape index (κ2) is 8.06. The van der Waals surface area contributed by atoms with Crippen molar-refractivity contribution in [1.29, 1.82) is 0 Å². The molecule has 6 heteroatoms. The highest BCUT2D eigenvalue weighted by Crippen LogP contribution is 2.27. The van der Waals surface area contributed by atoms with Crippen LogP contribution in [-0.2, 0) is 6.54 Å². The van der Waals surface area contributed by atoms with Gasteiger partial charge in [-0.1, -0.05) is 36.7 Å². The van der Waals surface area contributed by atoms with Gasteiger partial charge in [0.1, 0.15) is 5.75 Å². The topological polar surface area (TPSA) is 41.5 Å². The lowest BCUT2D eigenvalue weighted by molar-refractivity contribution is -0.0505. The summed E-state index contributed by atoms with van der Waals surface area (Å²) in [4.78, 5) is 0. The summed E-state index contributed by atoms with van der Waals surface area (Å²) in [7, 11) is 0. The molecule has 0 bridgehead atoms. The molecule has 0 fully saturated rings. The molecule has 0 aliphatic rings. The minimum absolute atomic E-state index is 0.0432. The van der Waals surface area contributed by atoms with Gasteiger partial charge in [-0.25, -0.2) is 0 Å². The van der Waals surface area contributed by atoms with Gasteiger partial charge in [0.05, 0.1) is 0 Å². The molecule has 0 amide bonds. The van der Waals surface area contributed by atoms with Crippen molar-refractivity contribution in [3.8, 4) is 5.75 Å². The maximum Gasteiger partial charge on any atom is 0.387 e. The van der Waals surface area contributed by atoms with Crippen LogP contribution in [0.15, 0.2) is 22.7 Å². The van der Waals surface area contributed by atoms with E-state index >= 15 is 0 Å². The fourth-order valence-corrected chi connectivity index (χ4v) is 2.51. The SMILES string of the molecule is CC(C)(C)C(CCO)NCc1cc(Br)ccc1OC(F)F. The van der Waals surface area contributed by atoms with Crippen LogP contribution < -0.4 is 10.1 Å². The Morgan fingerprint density at radius 1 is 1.33 bits per heavy atom. The van der Waals surface area contributed by atoms with E-state index in [2.05, 4.69) is 46.8 Å². The van der Waals surface area contributed by atoms with Crippen LogP contribution >= 0.6 is 15.9 Å². The molecule has 0 heterocycles. The molecule has 1 atom stereocenters. The van der Waals surface area contributed by atoms with Gasteiger partial charge in [0.15, 0.2) is 0 Å². The molecule has 0 saturated heterocycles. The van der Waals surface area contributed by atoms with Gasteiger partial charge in [-0.3, -0.25) is 0 Å². The van der Waals surface area contributed by atoms with E-state index in [1.54, 1.807) is 12.1 Å². The molecule has 1 aromatic carbocycles. The van der Waals surface area contributed by atoms with E-state index in [9.17, 15) is 8.78 Å². The number of nitrogens with one attached hydrogen (secondary N) is 1. The Bertz CT molecular complexity index is 450. The van der Waals surface area contributed by atoms with Gasteiger partial charge in [0, 0.05) is 29.2 Å². The normalized spacial score (nSPS) is 13.5. The fraction of sp³-hybridized carbons (Fsp3) is 0.600. The van der Waals surface area contributed by atoms with Crippen LogP contribution in [0, 0.1) is 5.41 Å². The average Bonchev–Trinajstić information content (AvgIpc) is 2.35. The van der Waals surface area contributed by atoms with Crippen LogP contribution in [0.4, 0.5) is 8.78 Å². The number of ether oxygens (including phenoxy) is 1. The van der Waals surface area contributed by atoms with Gasteiger partial charge in [-0.05, 0) is 30.0 Å². The van der Waals surface area contributed by atoms with Gasteiger partial charge in [-0.2, -0.15) is 8.78 Å². The third kappa shape index (κ3) is 6.28. The summed E-state index contributed by atoms with van der Waals surface area (Å²) >= 11 is 3.33. The van der Waals surface area contributed by atoms with E-state index in [0.29, 0.717) is 18.5 Å². The van der Waals surface area contributed by atoms with Crippen LogP contribution in [-0.4, -0.2) is 24.4 Å². The van der Waals surface area contributed by atoms with Crippen molar-refractivity contribution < 1.29 is 18.6 Å². The molecule has 0 aromatic heterocycles. The van der Waals surface area contributed by atoms with E-state index in [4.69, 9.17) is 5.11 Å².